The molecule has 3 heteroatoms. The van der Waals surface area contributed by atoms with Gasteiger partial charge in [0.25, 0.3) is 0 Å². The molecule has 1 heterocycles. The van der Waals surface area contributed by atoms with Crippen molar-refractivity contribution in [1.29, 1.82) is 0 Å². The van der Waals surface area contributed by atoms with Crippen molar-refractivity contribution in [3.63, 3.8) is 0 Å². The lowest BCUT2D eigenvalue weighted by Gasteiger charge is -2.17. The molecule has 0 aliphatic carbocycles. The monoisotopic (exact) mass is 261 g/mol. The Morgan fingerprint density at radius 3 is 2.56 bits per heavy atom. The lowest BCUT2D eigenvalue weighted by Crippen LogP contribution is -2.19. The van der Waals surface area contributed by atoms with Crippen molar-refractivity contribution >= 4 is 11.3 Å². The summed E-state index contributed by atoms with van der Waals surface area (Å²) in [4.78, 5) is 1.38. The first-order valence-corrected chi connectivity index (χ1v) is 7.11. The molecule has 1 unspecified atom stereocenters. The van der Waals surface area contributed by atoms with Crippen LogP contribution in [-0.2, 0) is 6.54 Å². The zero-order chi connectivity index (χ0) is 12.8. The molecule has 2 nitrogen and oxygen atoms in total. The van der Waals surface area contributed by atoms with E-state index in [9.17, 15) is 0 Å². The van der Waals surface area contributed by atoms with Gasteiger partial charge in [-0.2, -0.15) is 0 Å². The van der Waals surface area contributed by atoms with Crippen LogP contribution in [-0.4, -0.2) is 7.11 Å². The number of rotatable bonds is 6. The molecule has 0 aliphatic rings. The number of nitrogens with one attached hydrogen (secondary N) is 1. The minimum Gasteiger partial charge on any atom is -0.497 e. The molecule has 18 heavy (non-hydrogen) atoms. The van der Waals surface area contributed by atoms with E-state index in [0.29, 0.717) is 6.04 Å². The van der Waals surface area contributed by atoms with Crippen LogP contribution in [0, 0.1) is 0 Å². The molecular weight excluding hydrogens is 242 g/mol. The molecule has 0 radical (unpaired) electrons. The fourth-order valence-electron chi connectivity index (χ4n) is 1.97. The van der Waals surface area contributed by atoms with Gasteiger partial charge in [-0.15, -0.1) is 11.3 Å². The third-order valence-corrected chi connectivity index (χ3v) is 3.91. The topological polar surface area (TPSA) is 21.3 Å². The smallest absolute Gasteiger partial charge is 0.118 e. The highest BCUT2D eigenvalue weighted by molar-refractivity contribution is 7.09. The third-order valence-electron chi connectivity index (χ3n) is 3.03. The Morgan fingerprint density at radius 1 is 1.22 bits per heavy atom. The standard InChI is InChI=1S/C15H19NOS/c1-3-15(16-11-14-5-4-10-18-14)12-6-8-13(17-2)9-7-12/h4-10,15-16H,3,11H2,1-2H3. The molecule has 0 aliphatic heterocycles. The first-order valence-electron chi connectivity index (χ1n) is 6.23. The van der Waals surface area contributed by atoms with E-state index in [-0.39, 0.29) is 0 Å². The van der Waals surface area contributed by atoms with Crippen molar-refractivity contribution in [2.75, 3.05) is 7.11 Å². The quantitative estimate of drug-likeness (QED) is 0.848. The van der Waals surface area contributed by atoms with E-state index in [0.717, 1.165) is 18.7 Å². The van der Waals surface area contributed by atoms with E-state index in [1.54, 1.807) is 18.4 Å². The van der Waals surface area contributed by atoms with Gasteiger partial charge in [-0.25, -0.2) is 0 Å². The van der Waals surface area contributed by atoms with E-state index in [4.69, 9.17) is 4.74 Å². The van der Waals surface area contributed by atoms with Crippen molar-refractivity contribution in [2.24, 2.45) is 0 Å². The summed E-state index contributed by atoms with van der Waals surface area (Å²) in [5, 5.41) is 5.71. The summed E-state index contributed by atoms with van der Waals surface area (Å²) in [6.07, 6.45) is 1.08. The number of thiophene rings is 1. The van der Waals surface area contributed by atoms with Gasteiger partial charge in [0, 0.05) is 17.5 Å². The van der Waals surface area contributed by atoms with Crippen molar-refractivity contribution in [2.45, 2.75) is 25.9 Å². The molecule has 0 spiro atoms. The summed E-state index contributed by atoms with van der Waals surface area (Å²) in [7, 11) is 1.70. The zero-order valence-electron chi connectivity index (χ0n) is 10.8. The molecule has 0 fully saturated rings. The van der Waals surface area contributed by atoms with E-state index in [1.807, 2.05) is 12.1 Å². The van der Waals surface area contributed by atoms with Gasteiger partial charge in [0.2, 0.25) is 0 Å². The Kier molecular flexibility index (Phi) is 4.79. The summed E-state index contributed by atoms with van der Waals surface area (Å²) in [6, 6.07) is 13.0. The molecule has 0 amide bonds. The van der Waals surface area contributed by atoms with Crippen LogP contribution in [0.5, 0.6) is 5.75 Å². The average molecular weight is 261 g/mol. The average Bonchev–Trinajstić information content (AvgIpc) is 2.93. The lowest BCUT2D eigenvalue weighted by atomic mass is 10.0. The Balaban J connectivity index is 1.98. The van der Waals surface area contributed by atoms with Crippen LogP contribution in [0.25, 0.3) is 0 Å². The van der Waals surface area contributed by atoms with Crippen molar-refractivity contribution in [3.05, 3.63) is 52.2 Å². The minimum absolute atomic E-state index is 0.401. The van der Waals surface area contributed by atoms with Crippen LogP contribution >= 0.6 is 11.3 Å². The fraction of sp³-hybridized carbons (Fsp3) is 0.333. The van der Waals surface area contributed by atoms with Crippen molar-refractivity contribution in [3.8, 4) is 5.75 Å². The van der Waals surface area contributed by atoms with Gasteiger partial charge >= 0.3 is 0 Å². The molecule has 0 saturated carbocycles. The maximum atomic E-state index is 5.18. The molecule has 0 bridgehead atoms. The highest BCUT2D eigenvalue weighted by Gasteiger charge is 2.08. The van der Waals surface area contributed by atoms with Crippen LogP contribution < -0.4 is 10.1 Å². The highest BCUT2D eigenvalue weighted by atomic mass is 32.1. The largest absolute Gasteiger partial charge is 0.497 e. The Bertz CT molecular complexity index is 450. The SMILES string of the molecule is CCC(NCc1cccs1)c1ccc(OC)cc1. The van der Waals surface area contributed by atoms with E-state index in [1.165, 1.54) is 10.4 Å². The molecule has 0 saturated heterocycles. The van der Waals surface area contributed by atoms with E-state index < -0.39 is 0 Å². The molecule has 1 aromatic carbocycles. The molecule has 96 valence electrons. The van der Waals surface area contributed by atoms with Crippen molar-refractivity contribution < 1.29 is 4.74 Å². The van der Waals surface area contributed by atoms with Gasteiger partial charge < -0.3 is 10.1 Å². The second-order valence-corrected chi connectivity index (χ2v) is 5.23. The first-order chi connectivity index (χ1) is 8.83. The van der Waals surface area contributed by atoms with Crippen molar-refractivity contribution in [1.82, 2.24) is 5.32 Å². The van der Waals surface area contributed by atoms with Gasteiger partial charge in [0.1, 0.15) is 5.75 Å². The zero-order valence-corrected chi connectivity index (χ0v) is 11.7. The Labute approximate surface area is 113 Å². The molecule has 1 atom stereocenters. The Morgan fingerprint density at radius 2 is 2.00 bits per heavy atom. The second-order valence-electron chi connectivity index (χ2n) is 4.19. The summed E-state index contributed by atoms with van der Waals surface area (Å²) in [5.74, 6) is 0.909. The number of hydrogen-bond donors (Lipinski definition) is 1. The first kappa shape index (κ1) is 13.1. The highest BCUT2D eigenvalue weighted by Crippen LogP contribution is 2.21. The lowest BCUT2D eigenvalue weighted by molar-refractivity contribution is 0.414. The maximum absolute atomic E-state index is 5.18. The predicted octanol–water partition coefficient (Wildman–Crippen LogP) is 4.00. The van der Waals surface area contributed by atoms with Crippen LogP contribution in [0.3, 0.4) is 0 Å². The molecular formula is C15H19NOS. The van der Waals surface area contributed by atoms with Crippen LogP contribution in [0.15, 0.2) is 41.8 Å². The van der Waals surface area contributed by atoms with E-state index >= 15 is 0 Å². The van der Waals surface area contributed by atoms with E-state index in [2.05, 4.69) is 41.9 Å². The summed E-state index contributed by atoms with van der Waals surface area (Å²) >= 11 is 1.79. The Hall–Kier alpha value is -1.32. The second kappa shape index (κ2) is 6.57. The van der Waals surface area contributed by atoms with Gasteiger partial charge in [0.15, 0.2) is 0 Å². The molecule has 2 rings (SSSR count). The van der Waals surface area contributed by atoms with Crippen LogP contribution in [0.4, 0.5) is 0 Å². The fourth-order valence-corrected chi connectivity index (χ4v) is 2.63. The summed E-state index contributed by atoms with van der Waals surface area (Å²) in [5.41, 5.74) is 1.31. The van der Waals surface area contributed by atoms with Gasteiger partial charge in [0.05, 0.1) is 7.11 Å². The molecule has 2 aromatic rings. The number of methoxy groups -OCH3 is 1. The minimum atomic E-state index is 0.401. The summed E-state index contributed by atoms with van der Waals surface area (Å²) < 4.78 is 5.18. The predicted molar refractivity (Wildman–Crippen MR) is 77.2 cm³/mol. The normalized spacial score (nSPS) is 12.3. The van der Waals surface area contributed by atoms with Gasteiger partial charge in [-0.3, -0.25) is 0 Å². The number of ether oxygens (including phenoxy) is 1. The number of benzene rings is 1. The molecule has 1 aromatic heterocycles. The van der Waals surface area contributed by atoms with Gasteiger partial charge in [-0.1, -0.05) is 25.1 Å². The van der Waals surface area contributed by atoms with Crippen LogP contribution in [0.1, 0.15) is 29.8 Å². The maximum Gasteiger partial charge on any atom is 0.118 e. The van der Waals surface area contributed by atoms with Crippen LogP contribution in [0.2, 0.25) is 0 Å². The molecule has 1 N–H and O–H groups in total. The number of hydrogen-bond acceptors (Lipinski definition) is 3. The summed E-state index contributed by atoms with van der Waals surface area (Å²) in [6.45, 7) is 3.14. The third kappa shape index (κ3) is 3.34. The van der Waals surface area contributed by atoms with Gasteiger partial charge in [-0.05, 0) is 35.6 Å².